The zero-order valence-electron chi connectivity index (χ0n) is 8.62. The van der Waals surface area contributed by atoms with Crippen LogP contribution in [-0.2, 0) is 9.63 Å². The number of aliphatic carboxylic acids is 1. The van der Waals surface area contributed by atoms with Crippen LogP contribution in [-0.4, -0.2) is 27.8 Å². The summed E-state index contributed by atoms with van der Waals surface area (Å²) in [7, 11) is 0. The first-order chi connectivity index (χ1) is 8.41. The number of oxime groups is 1. The molecular formula is C9H6Cl2N2O5. The Hall–Kier alpha value is -1.86. The third kappa shape index (κ3) is 3.86. The summed E-state index contributed by atoms with van der Waals surface area (Å²) in [5.41, 5.74) is -1.61. The summed E-state index contributed by atoms with van der Waals surface area (Å²) < 4.78 is 0. The van der Waals surface area contributed by atoms with Gasteiger partial charge < -0.3 is 9.94 Å². The van der Waals surface area contributed by atoms with Gasteiger partial charge in [-0.3, -0.25) is 10.1 Å². The average molecular weight is 293 g/mol. The maximum Gasteiger partial charge on any atom is 0.363 e. The van der Waals surface area contributed by atoms with E-state index in [1.54, 1.807) is 0 Å². The molecule has 1 unspecified atom stereocenters. The summed E-state index contributed by atoms with van der Waals surface area (Å²) in [6.07, 6.45) is 1.04. The van der Waals surface area contributed by atoms with Crippen molar-refractivity contribution in [3.63, 3.8) is 0 Å². The molecule has 0 amide bonds. The number of rotatable bonds is 5. The largest absolute Gasteiger partial charge is 0.477 e. The zero-order valence-corrected chi connectivity index (χ0v) is 10.1. The second-order valence-corrected chi connectivity index (χ2v) is 3.76. The standard InChI is InChI=1S/C9H6Cl2N2O5/c10-7-2-1-6(13(16)17)3-5(7)4-12-18-8(11)9(14)15/h1-4,8H,(H,14,15). The van der Waals surface area contributed by atoms with Crippen molar-refractivity contribution in [1.82, 2.24) is 0 Å². The number of carbonyl (C=O) groups is 1. The minimum atomic E-state index is -1.64. The summed E-state index contributed by atoms with van der Waals surface area (Å²) in [5, 5.41) is 22.4. The number of hydrogen-bond acceptors (Lipinski definition) is 5. The normalized spacial score (nSPS) is 12.3. The number of alkyl halides is 1. The monoisotopic (exact) mass is 292 g/mol. The fraction of sp³-hybridized carbons (Fsp3) is 0.111. The fourth-order valence-electron chi connectivity index (χ4n) is 0.929. The summed E-state index contributed by atoms with van der Waals surface area (Å²) in [5.74, 6) is -1.40. The molecular weight excluding hydrogens is 287 g/mol. The van der Waals surface area contributed by atoms with Crippen LogP contribution in [0.25, 0.3) is 0 Å². The maximum absolute atomic E-state index is 10.5. The van der Waals surface area contributed by atoms with Gasteiger partial charge in [-0.25, -0.2) is 4.79 Å². The fourth-order valence-corrected chi connectivity index (χ4v) is 1.14. The lowest BCUT2D eigenvalue weighted by molar-refractivity contribution is -0.384. The minimum absolute atomic E-state index is 0.179. The number of benzene rings is 1. The molecule has 0 heterocycles. The van der Waals surface area contributed by atoms with Crippen LogP contribution in [0.4, 0.5) is 5.69 Å². The average Bonchev–Trinajstić information content (AvgIpc) is 2.30. The molecule has 0 fully saturated rings. The van der Waals surface area contributed by atoms with Gasteiger partial charge in [-0.15, -0.1) is 0 Å². The molecule has 18 heavy (non-hydrogen) atoms. The quantitative estimate of drug-likeness (QED) is 0.388. The highest BCUT2D eigenvalue weighted by atomic mass is 35.5. The molecule has 9 heteroatoms. The highest BCUT2D eigenvalue weighted by molar-refractivity contribution is 6.33. The van der Waals surface area contributed by atoms with Crippen molar-refractivity contribution in [2.24, 2.45) is 5.16 Å². The molecule has 1 rings (SSSR count). The van der Waals surface area contributed by atoms with E-state index in [2.05, 4.69) is 9.99 Å². The molecule has 1 atom stereocenters. The number of carboxylic acid groups (broad SMARTS) is 1. The van der Waals surface area contributed by atoms with Gasteiger partial charge >= 0.3 is 5.97 Å². The number of nitro groups is 1. The lowest BCUT2D eigenvalue weighted by atomic mass is 10.2. The van der Waals surface area contributed by atoms with E-state index in [9.17, 15) is 14.9 Å². The summed E-state index contributed by atoms with van der Waals surface area (Å²) in [4.78, 5) is 24.6. The van der Waals surface area contributed by atoms with Crippen LogP contribution >= 0.6 is 23.2 Å². The number of halogens is 2. The predicted molar refractivity (Wildman–Crippen MR) is 64.1 cm³/mol. The smallest absolute Gasteiger partial charge is 0.363 e. The molecule has 0 radical (unpaired) electrons. The number of non-ortho nitro benzene ring substituents is 1. The molecule has 1 aromatic rings. The molecule has 0 bridgehead atoms. The molecule has 0 aliphatic rings. The van der Waals surface area contributed by atoms with Crippen LogP contribution in [0.3, 0.4) is 0 Å². The van der Waals surface area contributed by atoms with Crippen molar-refractivity contribution < 1.29 is 19.7 Å². The highest BCUT2D eigenvalue weighted by Crippen LogP contribution is 2.20. The topological polar surface area (TPSA) is 102 Å². The zero-order chi connectivity index (χ0) is 13.7. The van der Waals surface area contributed by atoms with Crippen molar-refractivity contribution in [1.29, 1.82) is 0 Å². The third-order valence-electron chi connectivity index (χ3n) is 1.73. The Bertz CT molecular complexity index is 506. The second-order valence-electron chi connectivity index (χ2n) is 2.96. The SMILES string of the molecule is O=C(O)C(Cl)ON=Cc1cc([N+](=O)[O-])ccc1Cl. The van der Waals surface area contributed by atoms with Gasteiger partial charge in [0.05, 0.1) is 11.1 Å². The van der Waals surface area contributed by atoms with E-state index in [0.717, 1.165) is 6.21 Å². The molecule has 0 aliphatic heterocycles. The Morgan fingerprint density at radius 3 is 2.83 bits per heavy atom. The molecule has 0 saturated carbocycles. The van der Waals surface area contributed by atoms with Crippen molar-refractivity contribution >= 4 is 41.1 Å². The van der Waals surface area contributed by atoms with Crippen molar-refractivity contribution in [2.75, 3.05) is 0 Å². The Morgan fingerprint density at radius 1 is 1.61 bits per heavy atom. The lowest BCUT2D eigenvalue weighted by Gasteiger charge is -2.01. The minimum Gasteiger partial charge on any atom is -0.477 e. The van der Waals surface area contributed by atoms with Crippen molar-refractivity contribution in [2.45, 2.75) is 5.56 Å². The van der Waals surface area contributed by atoms with Gasteiger partial charge in [-0.1, -0.05) is 28.4 Å². The van der Waals surface area contributed by atoms with Crippen LogP contribution in [0.15, 0.2) is 23.4 Å². The Morgan fingerprint density at radius 2 is 2.28 bits per heavy atom. The van der Waals surface area contributed by atoms with Gasteiger partial charge in [-0.2, -0.15) is 0 Å². The molecule has 1 aromatic carbocycles. The van der Waals surface area contributed by atoms with Gasteiger partial charge in [-0.05, 0) is 6.07 Å². The first kappa shape index (κ1) is 14.2. The van der Waals surface area contributed by atoms with Crippen LogP contribution in [0, 0.1) is 10.1 Å². The highest BCUT2D eigenvalue weighted by Gasteiger charge is 2.14. The summed E-state index contributed by atoms with van der Waals surface area (Å²) in [6.45, 7) is 0. The summed E-state index contributed by atoms with van der Waals surface area (Å²) in [6, 6.07) is 3.71. The Labute approximate surface area is 111 Å². The first-order valence-electron chi connectivity index (χ1n) is 4.42. The molecule has 0 aliphatic carbocycles. The molecule has 0 spiro atoms. The molecule has 7 nitrogen and oxygen atoms in total. The molecule has 96 valence electrons. The van der Waals surface area contributed by atoms with E-state index in [4.69, 9.17) is 28.3 Å². The second kappa shape index (κ2) is 6.18. The number of nitrogens with zero attached hydrogens (tertiary/aromatic N) is 2. The van der Waals surface area contributed by atoms with E-state index < -0.39 is 16.5 Å². The molecule has 1 N–H and O–H groups in total. The predicted octanol–water partition coefficient (Wildman–Crippen LogP) is 2.25. The number of hydrogen-bond donors (Lipinski definition) is 1. The van der Waals surface area contributed by atoms with Crippen LogP contribution < -0.4 is 0 Å². The molecule has 0 aromatic heterocycles. The van der Waals surface area contributed by atoms with E-state index >= 15 is 0 Å². The van der Waals surface area contributed by atoms with Crippen molar-refractivity contribution in [3.05, 3.63) is 38.9 Å². The van der Waals surface area contributed by atoms with Crippen molar-refractivity contribution in [3.8, 4) is 0 Å². The first-order valence-corrected chi connectivity index (χ1v) is 5.23. The van der Waals surface area contributed by atoms with Crippen LogP contribution in [0.1, 0.15) is 5.56 Å². The number of carboxylic acids is 1. The molecule has 0 saturated heterocycles. The Kier molecular flexibility index (Phi) is 4.87. The maximum atomic E-state index is 10.5. The van der Waals surface area contributed by atoms with E-state index in [1.165, 1.54) is 18.2 Å². The number of nitro benzene ring substituents is 1. The van der Waals surface area contributed by atoms with E-state index in [-0.39, 0.29) is 16.3 Å². The van der Waals surface area contributed by atoms with Gasteiger partial charge in [0.25, 0.3) is 11.3 Å². The van der Waals surface area contributed by atoms with Gasteiger partial charge in [0.2, 0.25) is 0 Å². The van der Waals surface area contributed by atoms with Gasteiger partial charge in [0.1, 0.15) is 0 Å². The third-order valence-corrected chi connectivity index (χ3v) is 2.34. The van der Waals surface area contributed by atoms with Crippen LogP contribution in [0.5, 0.6) is 0 Å². The van der Waals surface area contributed by atoms with Gasteiger partial charge in [0.15, 0.2) is 0 Å². The van der Waals surface area contributed by atoms with E-state index in [0.29, 0.717) is 0 Å². The Balaban J connectivity index is 2.83. The van der Waals surface area contributed by atoms with Crippen LogP contribution in [0.2, 0.25) is 5.02 Å². The van der Waals surface area contributed by atoms with Gasteiger partial charge in [0, 0.05) is 22.7 Å². The summed E-state index contributed by atoms with van der Waals surface area (Å²) >= 11 is 11.0. The van der Waals surface area contributed by atoms with E-state index in [1.807, 2.05) is 0 Å². The lowest BCUT2D eigenvalue weighted by Crippen LogP contribution is -2.14.